The van der Waals surface area contributed by atoms with Crippen LogP contribution in [0.1, 0.15) is 19.3 Å². The predicted molar refractivity (Wildman–Crippen MR) is 93.2 cm³/mol. The van der Waals surface area contributed by atoms with Crippen molar-refractivity contribution in [2.75, 3.05) is 24.5 Å². The molecule has 0 aliphatic carbocycles. The van der Waals surface area contributed by atoms with E-state index in [0.29, 0.717) is 18.0 Å². The summed E-state index contributed by atoms with van der Waals surface area (Å²) in [6.07, 6.45) is 2.59. The number of anilines is 1. The van der Waals surface area contributed by atoms with Gasteiger partial charge in [0, 0.05) is 29.8 Å². The number of halogens is 2. The quantitative estimate of drug-likeness (QED) is 0.813. The van der Waals surface area contributed by atoms with E-state index in [0.717, 1.165) is 31.6 Å². The van der Waals surface area contributed by atoms with E-state index in [1.54, 1.807) is 17.0 Å². The molecule has 23 heavy (non-hydrogen) atoms. The van der Waals surface area contributed by atoms with Gasteiger partial charge in [-0.3, -0.25) is 9.59 Å². The van der Waals surface area contributed by atoms with E-state index in [9.17, 15) is 9.59 Å². The van der Waals surface area contributed by atoms with Gasteiger partial charge in [0.2, 0.25) is 11.8 Å². The zero-order valence-electron chi connectivity index (χ0n) is 12.8. The minimum absolute atomic E-state index is 0. The monoisotopic (exact) mass is 357 g/mol. The van der Waals surface area contributed by atoms with Crippen LogP contribution >= 0.6 is 24.0 Å². The number of piperidine rings is 1. The molecule has 1 aromatic carbocycles. The third-order valence-electron chi connectivity index (χ3n) is 4.30. The first-order valence-electron chi connectivity index (χ1n) is 7.73. The molecule has 2 heterocycles. The Bertz CT molecular complexity index is 559. The molecule has 1 unspecified atom stereocenters. The van der Waals surface area contributed by atoms with Gasteiger partial charge in [0.1, 0.15) is 5.92 Å². The normalized spacial score (nSPS) is 24.2. The zero-order chi connectivity index (χ0) is 15.5. The maximum Gasteiger partial charge on any atom is 0.239 e. The van der Waals surface area contributed by atoms with E-state index in [2.05, 4.69) is 10.6 Å². The highest BCUT2D eigenvalue weighted by molar-refractivity contribution is 6.30. The fraction of sp³-hybridized carbons (Fsp3) is 0.500. The van der Waals surface area contributed by atoms with Crippen LogP contribution in [0, 0.1) is 5.92 Å². The Morgan fingerprint density at radius 1 is 1.26 bits per heavy atom. The molecule has 2 aliphatic heterocycles. The first kappa shape index (κ1) is 18.0. The minimum atomic E-state index is -0.572. The number of carbonyl (C=O) groups is 2. The molecule has 7 heteroatoms. The van der Waals surface area contributed by atoms with E-state index in [-0.39, 0.29) is 30.3 Å². The smallest absolute Gasteiger partial charge is 0.239 e. The van der Waals surface area contributed by atoms with Gasteiger partial charge >= 0.3 is 0 Å². The Balaban J connectivity index is 0.00000192. The molecular formula is C16H21Cl2N3O2. The second kappa shape index (κ2) is 7.99. The molecular weight excluding hydrogens is 337 g/mol. The van der Waals surface area contributed by atoms with Crippen molar-refractivity contribution in [3.8, 4) is 0 Å². The standard InChI is InChI=1S/C16H20ClN3O2.ClH/c17-11-3-5-13(6-4-11)20-9-7-14(16(20)22)15(21)19-12-2-1-8-18-10-12;/h3-6,12,14,18H,1-2,7-10H2,(H,19,21);1H/t12-,14?;/m0./s1. The van der Waals surface area contributed by atoms with Crippen LogP contribution in [0.5, 0.6) is 0 Å². The summed E-state index contributed by atoms with van der Waals surface area (Å²) in [6.45, 7) is 2.36. The van der Waals surface area contributed by atoms with Gasteiger partial charge in [0.05, 0.1) is 0 Å². The van der Waals surface area contributed by atoms with Crippen LogP contribution in [0.3, 0.4) is 0 Å². The Morgan fingerprint density at radius 3 is 2.65 bits per heavy atom. The second-order valence-corrected chi connectivity index (χ2v) is 6.30. The summed E-state index contributed by atoms with van der Waals surface area (Å²) in [7, 11) is 0. The van der Waals surface area contributed by atoms with Crippen molar-refractivity contribution in [1.29, 1.82) is 0 Å². The molecule has 2 aliphatic rings. The summed E-state index contributed by atoms with van der Waals surface area (Å²) in [5, 5.41) is 6.90. The first-order valence-corrected chi connectivity index (χ1v) is 8.11. The van der Waals surface area contributed by atoms with Gasteiger partial charge in [0.15, 0.2) is 0 Å². The maximum absolute atomic E-state index is 12.5. The molecule has 2 saturated heterocycles. The largest absolute Gasteiger partial charge is 0.351 e. The molecule has 2 fully saturated rings. The van der Waals surface area contributed by atoms with Crippen molar-refractivity contribution in [2.45, 2.75) is 25.3 Å². The molecule has 126 valence electrons. The highest BCUT2D eigenvalue weighted by atomic mass is 35.5. The maximum atomic E-state index is 12.5. The summed E-state index contributed by atoms with van der Waals surface area (Å²) >= 11 is 5.87. The van der Waals surface area contributed by atoms with Gasteiger partial charge in [-0.15, -0.1) is 12.4 Å². The fourth-order valence-corrected chi connectivity index (χ4v) is 3.20. The zero-order valence-corrected chi connectivity index (χ0v) is 14.3. The lowest BCUT2D eigenvalue weighted by Crippen LogP contribution is -2.48. The lowest BCUT2D eigenvalue weighted by atomic mass is 10.0. The van der Waals surface area contributed by atoms with Crippen LogP contribution in [0.2, 0.25) is 5.02 Å². The first-order chi connectivity index (χ1) is 10.6. The van der Waals surface area contributed by atoms with E-state index in [4.69, 9.17) is 11.6 Å². The molecule has 1 aromatic rings. The summed E-state index contributed by atoms with van der Waals surface area (Å²) < 4.78 is 0. The number of amides is 2. The molecule has 0 bridgehead atoms. The van der Waals surface area contributed by atoms with Crippen LogP contribution in [-0.4, -0.2) is 37.5 Å². The Kier molecular flexibility index (Phi) is 6.27. The Labute approximate surface area is 147 Å². The number of hydrogen-bond acceptors (Lipinski definition) is 3. The molecule has 0 spiro atoms. The molecule has 2 amide bonds. The molecule has 0 saturated carbocycles. The van der Waals surface area contributed by atoms with Crippen molar-refractivity contribution >= 4 is 41.5 Å². The lowest BCUT2D eigenvalue weighted by Gasteiger charge is -2.25. The average molecular weight is 358 g/mol. The number of benzene rings is 1. The topological polar surface area (TPSA) is 61.4 Å². The lowest BCUT2D eigenvalue weighted by molar-refractivity contribution is -0.132. The van der Waals surface area contributed by atoms with Gasteiger partial charge in [0.25, 0.3) is 0 Å². The number of nitrogens with one attached hydrogen (secondary N) is 2. The Hall–Kier alpha value is -1.30. The Morgan fingerprint density at radius 2 is 2.00 bits per heavy atom. The third kappa shape index (κ3) is 4.16. The summed E-state index contributed by atoms with van der Waals surface area (Å²) in [5.41, 5.74) is 0.795. The summed E-state index contributed by atoms with van der Waals surface area (Å²) in [4.78, 5) is 26.5. The van der Waals surface area contributed by atoms with Gasteiger partial charge in [-0.2, -0.15) is 0 Å². The molecule has 0 radical (unpaired) electrons. The third-order valence-corrected chi connectivity index (χ3v) is 4.56. The summed E-state index contributed by atoms with van der Waals surface area (Å²) in [6, 6.07) is 7.27. The van der Waals surface area contributed by atoms with Crippen molar-refractivity contribution in [2.24, 2.45) is 5.92 Å². The van der Waals surface area contributed by atoms with E-state index in [1.165, 1.54) is 0 Å². The van der Waals surface area contributed by atoms with Gasteiger partial charge in [-0.25, -0.2) is 0 Å². The molecule has 2 atom stereocenters. The average Bonchev–Trinajstić information content (AvgIpc) is 2.91. The van der Waals surface area contributed by atoms with Crippen LogP contribution in [0.4, 0.5) is 5.69 Å². The fourth-order valence-electron chi connectivity index (χ4n) is 3.08. The molecule has 0 aromatic heterocycles. The van der Waals surface area contributed by atoms with Crippen molar-refractivity contribution in [1.82, 2.24) is 10.6 Å². The van der Waals surface area contributed by atoms with E-state index < -0.39 is 5.92 Å². The van der Waals surface area contributed by atoms with Crippen molar-refractivity contribution < 1.29 is 9.59 Å². The van der Waals surface area contributed by atoms with Crippen molar-refractivity contribution in [3.63, 3.8) is 0 Å². The van der Waals surface area contributed by atoms with Gasteiger partial charge in [-0.1, -0.05) is 11.6 Å². The number of carbonyl (C=O) groups excluding carboxylic acids is 2. The highest BCUT2D eigenvalue weighted by Crippen LogP contribution is 2.26. The molecule has 2 N–H and O–H groups in total. The summed E-state index contributed by atoms with van der Waals surface area (Å²) in [5.74, 6) is -0.837. The van der Waals surface area contributed by atoms with Crippen LogP contribution in [-0.2, 0) is 9.59 Å². The second-order valence-electron chi connectivity index (χ2n) is 5.86. The number of rotatable bonds is 3. The van der Waals surface area contributed by atoms with E-state index >= 15 is 0 Å². The molecule has 5 nitrogen and oxygen atoms in total. The van der Waals surface area contributed by atoms with Crippen LogP contribution < -0.4 is 15.5 Å². The highest BCUT2D eigenvalue weighted by Gasteiger charge is 2.38. The predicted octanol–water partition coefficient (Wildman–Crippen LogP) is 1.98. The van der Waals surface area contributed by atoms with Gasteiger partial charge < -0.3 is 15.5 Å². The molecule has 3 rings (SSSR count). The van der Waals surface area contributed by atoms with Crippen molar-refractivity contribution in [3.05, 3.63) is 29.3 Å². The SMILES string of the molecule is Cl.O=C(N[C@H]1CCCNC1)C1CCN(c2ccc(Cl)cc2)C1=O. The van der Waals surface area contributed by atoms with E-state index in [1.807, 2.05) is 12.1 Å². The van der Waals surface area contributed by atoms with Crippen LogP contribution in [0.25, 0.3) is 0 Å². The van der Waals surface area contributed by atoms with Gasteiger partial charge in [-0.05, 0) is 50.1 Å². The van der Waals surface area contributed by atoms with Crippen LogP contribution in [0.15, 0.2) is 24.3 Å². The number of hydrogen-bond donors (Lipinski definition) is 2. The minimum Gasteiger partial charge on any atom is -0.351 e. The number of nitrogens with zero attached hydrogens (tertiary/aromatic N) is 1.